The molecule has 0 spiro atoms. The lowest BCUT2D eigenvalue weighted by Crippen LogP contribution is -2.41. The molecule has 5 rings (SSSR count). The molecule has 220 valence electrons. The van der Waals surface area contributed by atoms with E-state index >= 15 is 0 Å². The topological polar surface area (TPSA) is 135 Å². The Morgan fingerprint density at radius 3 is 1.79 bits per heavy atom. The predicted octanol–water partition coefficient (Wildman–Crippen LogP) is 4.12. The molecule has 1 saturated heterocycles. The van der Waals surface area contributed by atoms with Gasteiger partial charge in [0.25, 0.3) is 5.56 Å². The molecular formula is C31H26N2O9S. The minimum Gasteiger partial charge on any atom is -0.490 e. The van der Waals surface area contributed by atoms with Gasteiger partial charge in [0.05, 0.1) is 30.0 Å². The van der Waals surface area contributed by atoms with Crippen molar-refractivity contribution in [1.29, 1.82) is 0 Å². The highest BCUT2D eigenvalue weighted by atomic mass is 32.1. The Labute approximate surface area is 250 Å². The number of esters is 3. The second-order valence-electron chi connectivity index (χ2n) is 9.37. The van der Waals surface area contributed by atoms with Crippen LogP contribution in [-0.4, -0.2) is 59.5 Å². The van der Waals surface area contributed by atoms with E-state index in [1.165, 1.54) is 17.9 Å². The monoisotopic (exact) mass is 602 g/mol. The first kappa shape index (κ1) is 29.4. The third-order valence-corrected chi connectivity index (χ3v) is 6.92. The highest BCUT2D eigenvalue weighted by Gasteiger charge is 2.51. The lowest BCUT2D eigenvalue weighted by Gasteiger charge is -2.25. The van der Waals surface area contributed by atoms with Crippen molar-refractivity contribution in [3.8, 4) is 5.75 Å². The summed E-state index contributed by atoms with van der Waals surface area (Å²) < 4.78 is 30.0. The normalized spacial score (nSPS) is 19.3. The fourth-order valence-corrected chi connectivity index (χ4v) is 4.73. The van der Waals surface area contributed by atoms with Crippen LogP contribution in [0.2, 0.25) is 0 Å². The number of aromatic nitrogens is 2. The molecule has 0 saturated carbocycles. The Kier molecular flexibility index (Phi) is 9.08. The minimum atomic E-state index is -1.30. The highest BCUT2D eigenvalue weighted by Crippen LogP contribution is 2.36. The van der Waals surface area contributed by atoms with Gasteiger partial charge in [-0.2, -0.15) is 0 Å². The molecule has 2 heterocycles. The minimum absolute atomic E-state index is 0.0772. The van der Waals surface area contributed by atoms with Crippen LogP contribution in [-0.2, 0) is 18.9 Å². The van der Waals surface area contributed by atoms with Gasteiger partial charge in [-0.1, -0.05) is 54.6 Å². The van der Waals surface area contributed by atoms with E-state index in [0.29, 0.717) is 5.56 Å². The molecule has 0 unspecified atom stereocenters. The molecule has 3 aromatic carbocycles. The zero-order chi connectivity index (χ0) is 30.3. The Balaban J connectivity index is 1.53. The van der Waals surface area contributed by atoms with Crippen LogP contribution in [0, 0.1) is 4.77 Å². The fourth-order valence-electron chi connectivity index (χ4n) is 4.48. The van der Waals surface area contributed by atoms with Gasteiger partial charge in [0.2, 0.25) is 5.75 Å². The molecule has 0 radical (unpaired) electrons. The third kappa shape index (κ3) is 6.71. The van der Waals surface area contributed by atoms with Crippen LogP contribution in [0.5, 0.6) is 5.75 Å². The highest BCUT2D eigenvalue weighted by molar-refractivity contribution is 7.71. The molecule has 4 aromatic rings. The van der Waals surface area contributed by atoms with Crippen LogP contribution in [0.3, 0.4) is 0 Å². The van der Waals surface area contributed by atoms with E-state index in [1.807, 2.05) is 0 Å². The van der Waals surface area contributed by atoms with Gasteiger partial charge in [-0.05, 0) is 48.6 Å². The molecule has 0 aliphatic carbocycles. The molecule has 0 amide bonds. The molecule has 43 heavy (non-hydrogen) atoms. The van der Waals surface area contributed by atoms with E-state index in [0.717, 1.165) is 0 Å². The van der Waals surface area contributed by atoms with Gasteiger partial charge in [0, 0.05) is 0 Å². The Bertz CT molecular complexity index is 1710. The zero-order valence-electron chi connectivity index (χ0n) is 22.8. The van der Waals surface area contributed by atoms with E-state index in [4.69, 9.17) is 35.9 Å². The Morgan fingerprint density at radius 1 is 0.791 bits per heavy atom. The largest absolute Gasteiger partial charge is 0.490 e. The standard InChI is InChI=1S/C31H26N2O9S/c1-38-22-17-33(31(43)32-26(22)34)27-25(42-30(37)21-15-9-4-10-16-21)24(41-29(36)20-13-7-3-8-14-20)23(40-27)18-39-28(35)19-11-5-2-6-12-19/h2-17,23-25,27H,18H2,1H3,(H,32,34,43)/t23-,24-,25-,27-/m1/s1. The zero-order valence-corrected chi connectivity index (χ0v) is 23.6. The van der Waals surface area contributed by atoms with Gasteiger partial charge in [-0.15, -0.1) is 0 Å². The first-order chi connectivity index (χ1) is 20.9. The Hall–Kier alpha value is -5.07. The van der Waals surface area contributed by atoms with Gasteiger partial charge in [-0.3, -0.25) is 14.3 Å². The number of aromatic amines is 1. The summed E-state index contributed by atoms with van der Waals surface area (Å²) in [6.07, 6.45) is -3.61. The van der Waals surface area contributed by atoms with Crippen LogP contribution in [0.15, 0.2) is 102 Å². The number of nitrogens with zero attached hydrogens (tertiary/aromatic N) is 1. The fraction of sp³-hybridized carbons (Fsp3) is 0.194. The summed E-state index contributed by atoms with van der Waals surface area (Å²) >= 11 is 5.39. The molecule has 11 nitrogen and oxygen atoms in total. The van der Waals surface area contributed by atoms with Crippen molar-refractivity contribution in [2.45, 2.75) is 24.5 Å². The van der Waals surface area contributed by atoms with E-state index in [9.17, 15) is 19.2 Å². The van der Waals surface area contributed by atoms with Crippen LogP contribution >= 0.6 is 12.2 Å². The molecule has 1 N–H and O–H groups in total. The van der Waals surface area contributed by atoms with Gasteiger partial charge in [-0.25, -0.2) is 14.4 Å². The number of rotatable bonds is 9. The lowest BCUT2D eigenvalue weighted by atomic mass is 10.1. The van der Waals surface area contributed by atoms with Crippen LogP contribution in [0.25, 0.3) is 0 Å². The average Bonchev–Trinajstić information content (AvgIpc) is 3.36. The van der Waals surface area contributed by atoms with Crippen LogP contribution in [0.4, 0.5) is 0 Å². The van der Waals surface area contributed by atoms with E-state index in [1.54, 1.807) is 91.0 Å². The number of hydrogen-bond acceptors (Lipinski definition) is 10. The molecule has 1 aliphatic rings. The maximum absolute atomic E-state index is 13.3. The predicted molar refractivity (Wildman–Crippen MR) is 154 cm³/mol. The maximum Gasteiger partial charge on any atom is 0.338 e. The molecule has 0 bridgehead atoms. The SMILES string of the molecule is COc1cn([C@@H]2O[C@H](COC(=O)c3ccccc3)[C@@H](OC(=O)c3ccccc3)[C@H]2OC(=O)c2ccccc2)c(=S)[nH]c1=O. The quantitative estimate of drug-likeness (QED) is 0.169. The van der Waals surface area contributed by atoms with Gasteiger partial charge in [0.1, 0.15) is 12.7 Å². The van der Waals surface area contributed by atoms with Crippen molar-refractivity contribution in [3.63, 3.8) is 0 Å². The lowest BCUT2D eigenvalue weighted by molar-refractivity contribution is -0.0634. The van der Waals surface area contributed by atoms with Crippen molar-refractivity contribution < 1.29 is 38.1 Å². The maximum atomic E-state index is 13.3. The first-order valence-corrected chi connectivity index (χ1v) is 13.6. The van der Waals surface area contributed by atoms with Crippen LogP contribution in [0.1, 0.15) is 37.3 Å². The second-order valence-corrected chi connectivity index (χ2v) is 9.75. The summed E-state index contributed by atoms with van der Waals surface area (Å²) in [6, 6.07) is 24.7. The third-order valence-electron chi connectivity index (χ3n) is 6.61. The van der Waals surface area contributed by atoms with Crippen molar-refractivity contribution in [1.82, 2.24) is 9.55 Å². The number of methoxy groups -OCH3 is 1. The van der Waals surface area contributed by atoms with Gasteiger partial charge < -0.3 is 23.7 Å². The molecule has 1 aromatic heterocycles. The van der Waals surface area contributed by atoms with Crippen molar-refractivity contribution in [2.24, 2.45) is 0 Å². The van der Waals surface area contributed by atoms with Crippen molar-refractivity contribution in [2.75, 3.05) is 13.7 Å². The van der Waals surface area contributed by atoms with Crippen LogP contribution < -0.4 is 10.3 Å². The number of carbonyl (C=O) groups is 3. The average molecular weight is 603 g/mol. The second kappa shape index (κ2) is 13.3. The summed E-state index contributed by atoms with van der Waals surface area (Å²) in [5.41, 5.74) is 0.187. The summed E-state index contributed by atoms with van der Waals surface area (Å²) in [5.74, 6) is -2.19. The Morgan fingerprint density at radius 2 is 1.28 bits per heavy atom. The summed E-state index contributed by atoms with van der Waals surface area (Å²) in [7, 11) is 1.30. The summed E-state index contributed by atoms with van der Waals surface area (Å²) in [5, 5.41) is 0. The molecule has 12 heteroatoms. The molecule has 4 atom stereocenters. The van der Waals surface area contributed by atoms with E-state index in [2.05, 4.69) is 4.98 Å². The molecular weight excluding hydrogens is 576 g/mol. The number of H-pyrrole nitrogens is 1. The first-order valence-electron chi connectivity index (χ1n) is 13.1. The molecule has 1 aliphatic heterocycles. The summed E-state index contributed by atoms with van der Waals surface area (Å²) in [6.45, 7) is -0.371. The van der Waals surface area contributed by atoms with Crippen molar-refractivity contribution in [3.05, 3.63) is 129 Å². The van der Waals surface area contributed by atoms with E-state index in [-0.39, 0.29) is 28.3 Å². The number of nitrogens with one attached hydrogen (secondary N) is 1. The number of hydrogen-bond donors (Lipinski definition) is 1. The number of ether oxygens (including phenoxy) is 5. The van der Waals surface area contributed by atoms with Gasteiger partial charge >= 0.3 is 17.9 Å². The smallest absolute Gasteiger partial charge is 0.338 e. The molecule has 1 fully saturated rings. The van der Waals surface area contributed by atoms with Gasteiger partial charge in [0.15, 0.2) is 23.2 Å². The summed E-state index contributed by atoms with van der Waals surface area (Å²) in [4.78, 5) is 54.1. The number of benzene rings is 3. The van der Waals surface area contributed by atoms with E-state index < -0.39 is 48.0 Å². The number of carbonyl (C=O) groups excluding carboxylic acids is 3. The van der Waals surface area contributed by atoms with Crippen molar-refractivity contribution >= 4 is 30.1 Å².